The third-order valence-electron chi connectivity index (χ3n) is 1.85. The Bertz CT molecular complexity index is 504. The van der Waals surface area contributed by atoms with Crippen LogP contribution in [0.2, 0.25) is 0 Å². The van der Waals surface area contributed by atoms with Crippen molar-refractivity contribution in [3.8, 4) is 5.69 Å². The van der Waals surface area contributed by atoms with Crippen LogP contribution in [0.15, 0.2) is 47.4 Å². The molecule has 0 atom stereocenters. The Morgan fingerprint density at radius 2 is 2.14 bits per heavy atom. The molecule has 0 spiro atoms. The van der Waals surface area contributed by atoms with Gasteiger partial charge in [-0.15, -0.1) is 0 Å². The lowest BCUT2D eigenvalue weighted by Crippen LogP contribution is -2.15. The van der Waals surface area contributed by atoms with Gasteiger partial charge in [-0.05, 0) is 24.3 Å². The van der Waals surface area contributed by atoms with Crippen LogP contribution in [0.25, 0.3) is 5.69 Å². The first-order chi connectivity index (χ1) is 6.77. The number of rotatable bonds is 1. The highest BCUT2D eigenvalue weighted by Gasteiger charge is 1.98. The first-order valence-corrected chi connectivity index (χ1v) is 4.13. The fourth-order valence-corrected chi connectivity index (χ4v) is 1.22. The predicted octanol–water partition coefficient (Wildman–Crippen LogP) is 1.78. The lowest BCUT2D eigenvalue weighted by atomic mass is 10.3. The number of nitrogens with zero attached hydrogens (tertiary/aromatic N) is 1. The third kappa shape index (κ3) is 1.57. The van der Waals surface area contributed by atoms with Gasteiger partial charge in [0.25, 0.3) is 5.56 Å². The number of aromatic nitrogens is 1. The van der Waals surface area contributed by atoms with E-state index in [0.29, 0.717) is 5.69 Å². The minimum Gasteiger partial charge on any atom is -0.284 e. The molecule has 1 aromatic heterocycles. The van der Waals surface area contributed by atoms with Crippen molar-refractivity contribution < 1.29 is 4.39 Å². The molecule has 3 heteroatoms. The SMILES string of the molecule is O=c1ccccn1-c1cc[c]c(F)c1. The summed E-state index contributed by atoms with van der Waals surface area (Å²) in [7, 11) is 0. The second-order valence-electron chi connectivity index (χ2n) is 2.80. The number of benzene rings is 1. The molecule has 14 heavy (non-hydrogen) atoms. The number of pyridine rings is 1. The maximum Gasteiger partial charge on any atom is 0.255 e. The van der Waals surface area contributed by atoms with E-state index in [1.807, 2.05) is 0 Å². The zero-order valence-corrected chi connectivity index (χ0v) is 7.27. The predicted molar refractivity (Wildman–Crippen MR) is 50.8 cm³/mol. The minimum atomic E-state index is -0.474. The molecular weight excluding hydrogens is 181 g/mol. The summed E-state index contributed by atoms with van der Waals surface area (Å²) in [6.45, 7) is 0. The molecule has 0 aliphatic heterocycles. The summed E-state index contributed by atoms with van der Waals surface area (Å²) in [5.74, 6) is -0.474. The molecule has 0 saturated heterocycles. The summed E-state index contributed by atoms with van der Waals surface area (Å²) in [6.07, 6.45) is 1.59. The highest BCUT2D eigenvalue weighted by atomic mass is 19.1. The van der Waals surface area contributed by atoms with Crippen LogP contribution in [0.1, 0.15) is 0 Å². The smallest absolute Gasteiger partial charge is 0.255 e. The van der Waals surface area contributed by atoms with E-state index in [1.54, 1.807) is 24.4 Å². The molecule has 0 unspecified atom stereocenters. The van der Waals surface area contributed by atoms with Crippen molar-refractivity contribution in [1.29, 1.82) is 0 Å². The molecule has 1 aromatic carbocycles. The summed E-state index contributed by atoms with van der Waals surface area (Å²) in [5.41, 5.74) is 0.324. The van der Waals surface area contributed by atoms with E-state index in [-0.39, 0.29) is 5.56 Å². The third-order valence-corrected chi connectivity index (χ3v) is 1.85. The molecule has 1 heterocycles. The Labute approximate surface area is 80.2 Å². The van der Waals surface area contributed by atoms with Crippen LogP contribution in [-0.2, 0) is 0 Å². The van der Waals surface area contributed by atoms with E-state index >= 15 is 0 Å². The monoisotopic (exact) mass is 188 g/mol. The molecule has 0 fully saturated rings. The number of halogens is 1. The normalized spacial score (nSPS) is 10.1. The first-order valence-electron chi connectivity index (χ1n) is 4.13. The lowest BCUT2D eigenvalue weighted by Gasteiger charge is -2.03. The van der Waals surface area contributed by atoms with Gasteiger partial charge in [0.2, 0.25) is 0 Å². The summed E-state index contributed by atoms with van der Waals surface area (Å²) < 4.78 is 14.2. The van der Waals surface area contributed by atoms with Crippen LogP contribution in [0.3, 0.4) is 0 Å². The molecule has 0 amide bonds. The van der Waals surface area contributed by atoms with Gasteiger partial charge in [0.15, 0.2) is 0 Å². The van der Waals surface area contributed by atoms with E-state index in [4.69, 9.17) is 0 Å². The van der Waals surface area contributed by atoms with Gasteiger partial charge in [-0.25, -0.2) is 4.39 Å². The fraction of sp³-hybridized carbons (Fsp3) is 0. The van der Waals surface area contributed by atoms with E-state index in [0.717, 1.165) is 0 Å². The van der Waals surface area contributed by atoms with Crippen LogP contribution in [-0.4, -0.2) is 4.57 Å². The average Bonchev–Trinajstić information content (AvgIpc) is 2.18. The summed E-state index contributed by atoms with van der Waals surface area (Å²) in [6, 6.07) is 11.5. The topological polar surface area (TPSA) is 22.0 Å². The standard InChI is InChI=1S/C11H7FNO/c12-9-4-3-5-10(8-9)13-7-2-1-6-11(13)14/h1-3,5-8H. The van der Waals surface area contributed by atoms with Crippen molar-refractivity contribution in [1.82, 2.24) is 4.57 Å². The van der Waals surface area contributed by atoms with E-state index < -0.39 is 5.82 Å². The molecule has 0 saturated carbocycles. The van der Waals surface area contributed by atoms with Crippen molar-refractivity contribution in [3.63, 3.8) is 0 Å². The van der Waals surface area contributed by atoms with Crippen LogP contribution in [0, 0.1) is 11.9 Å². The van der Waals surface area contributed by atoms with Gasteiger partial charge in [0.1, 0.15) is 5.82 Å². The number of hydrogen-bond donors (Lipinski definition) is 0. The van der Waals surface area contributed by atoms with Crippen molar-refractivity contribution in [2.45, 2.75) is 0 Å². The van der Waals surface area contributed by atoms with Crippen LogP contribution >= 0.6 is 0 Å². The molecule has 0 aliphatic rings. The van der Waals surface area contributed by atoms with Crippen molar-refractivity contribution in [3.05, 3.63) is 64.8 Å². The molecular formula is C11H7FNO. The number of hydrogen-bond acceptors (Lipinski definition) is 1. The molecule has 2 nitrogen and oxygen atoms in total. The second-order valence-corrected chi connectivity index (χ2v) is 2.80. The first kappa shape index (κ1) is 8.69. The highest BCUT2D eigenvalue weighted by molar-refractivity contribution is 5.31. The maximum absolute atomic E-state index is 12.8. The molecule has 1 radical (unpaired) electrons. The zero-order chi connectivity index (χ0) is 9.97. The summed E-state index contributed by atoms with van der Waals surface area (Å²) in [5, 5.41) is 0. The highest BCUT2D eigenvalue weighted by Crippen LogP contribution is 2.05. The fourth-order valence-electron chi connectivity index (χ4n) is 1.22. The largest absolute Gasteiger partial charge is 0.284 e. The van der Waals surface area contributed by atoms with Gasteiger partial charge in [-0.2, -0.15) is 0 Å². The van der Waals surface area contributed by atoms with Crippen LogP contribution < -0.4 is 5.56 Å². The Balaban J connectivity index is 2.61. The molecule has 2 aromatic rings. The van der Waals surface area contributed by atoms with E-state index in [2.05, 4.69) is 6.07 Å². The van der Waals surface area contributed by atoms with Crippen molar-refractivity contribution >= 4 is 0 Å². The minimum absolute atomic E-state index is 0.182. The Hall–Kier alpha value is -1.90. The molecule has 0 aliphatic carbocycles. The van der Waals surface area contributed by atoms with Gasteiger partial charge in [0.05, 0.1) is 5.69 Å². The van der Waals surface area contributed by atoms with Gasteiger partial charge < -0.3 is 0 Å². The zero-order valence-electron chi connectivity index (χ0n) is 7.27. The summed E-state index contributed by atoms with van der Waals surface area (Å²) in [4.78, 5) is 11.4. The quantitative estimate of drug-likeness (QED) is 0.668. The Morgan fingerprint density at radius 1 is 1.29 bits per heavy atom. The van der Waals surface area contributed by atoms with Gasteiger partial charge in [-0.3, -0.25) is 9.36 Å². The van der Waals surface area contributed by atoms with Crippen molar-refractivity contribution in [2.24, 2.45) is 0 Å². The van der Waals surface area contributed by atoms with E-state index in [1.165, 1.54) is 22.8 Å². The van der Waals surface area contributed by atoms with Gasteiger partial charge in [0, 0.05) is 18.3 Å². The Kier molecular flexibility index (Phi) is 2.14. The average molecular weight is 188 g/mol. The molecule has 2 rings (SSSR count). The van der Waals surface area contributed by atoms with Gasteiger partial charge >= 0.3 is 0 Å². The summed E-state index contributed by atoms with van der Waals surface area (Å²) >= 11 is 0. The van der Waals surface area contributed by atoms with Crippen LogP contribution in [0.4, 0.5) is 4.39 Å². The molecule has 0 N–H and O–H groups in total. The van der Waals surface area contributed by atoms with Crippen molar-refractivity contribution in [2.75, 3.05) is 0 Å². The molecule has 69 valence electrons. The second kappa shape index (κ2) is 3.46. The van der Waals surface area contributed by atoms with E-state index in [9.17, 15) is 9.18 Å². The van der Waals surface area contributed by atoms with Crippen LogP contribution in [0.5, 0.6) is 0 Å². The maximum atomic E-state index is 12.8. The molecule has 0 bridgehead atoms. The Morgan fingerprint density at radius 3 is 2.86 bits per heavy atom. The van der Waals surface area contributed by atoms with Gasteiger partial charge in [-0.1, -0.05) is 6.07 Å². The lowest BCUT2D eigenvalue weighted by molar-refractivity contribution is 0.624.